The molecule has 2 fully saturated rings. The summed E-state index contributed by atoms with van der Waals surface area (Å²) in [6.07, 6.45) is 3.05. The molecule has 306 valence electrons. The quantitative estimate of drug-likeness (QED) is 0.0862. The lowest BCUT2D eigenvalue weighted by Crippen LogP contribution is -2.49. The van der Waals surface area contributed by atoms with Crippen LogP contribution in [-0.2, 0) is 34.5 Å². The smallest absolute Gasteiger partial charge is 0.442 e. The molecule has 0 saturated carbocycles. The fraction of sp³-hybridized carbons (Fsp3) is 0.595. The Balaban J connectivity index is 1.37. The van der Waals surface area contributed by atoms with Gasteiger partial charge in [-0.05, 0) is 111 Å². The van der Waals surface area contributed by atoms with Crippen LogP contribution >= 0.6 is 0 Å². The number of amides is 2. The molecule has 0 atom stereocenters. The third-order valence-corrected chi connectivity index (χ3v) is 12.1. The third-order valence-electron chi connectivity index (χ3n) is 8.54. The van der Waals surface area contributed by atoms with Crippen molar-refractivity contribution in [1.29, 1.82) is 5.41 Å². The molecule has 0 aromatic heterocycles. The number of guanidine groups is 1. The number of piperidine rings is 2. The predicted octanol–water partition coefficient (Wildman–Crippen LogP) is 5.80. The molecule has 0 unspecified atom stereocenters. The molecule has 2 heterocycles. The van der Waals surface area contributed by atoms with Crippen molar-refractivity contribution < 1.29 is 49.7 Å². The van der Waals surface area contributed by atoms with Crippen molar-refractivity contribution >= 4 is 38.3 Å². The molecule has 2 aliphatic heterocycles. The maximum Gasteiger partial charge on any atom is 0.442 e. The maximum atomic E-state index is 14.0. The third kappa shape index (κ3) is 12.8. The Bertz CT molecular complexity index is 1880. The number of hydroxylamine groups is 2. The van der Waals surface area contributed by atoms with E-state index in [1.165, 1.54) is 41.1 Å². The van der Waals surface area contributed by atoms with E-state index in [-0.39, 0.29) is 36.0 Å². The fourth-order valence-corrected chi connectivity index (χ4v) is 9.62. The molecule has 2 aliphatic rings. The minimum Gasteiger partial charge on any atom is -0.493 e. The summed E-state index contributed by atoms with van der Waals surface area (Å²) >= 11 is 0. The monoisotopic (exact) mass is 809 g/mol. The van der Waals surface area contributed by atoms with Gasteiger partial charge >= 0.3 is 22.3 Å². The fourth-order valence-electron chi connectivity index (χ4n) is 6.17. The molecular weight excluding hydrogens is 755 g/mol. The lowest BCUT2D eigenvalue weighted by molar-refractivity contribution is -0.104. The van der Waals surface area contributed by atoms with Gasteiger partial charge in [0.15, 0.2) is 0 Å². The number of hydrogen-bond acceptors (Lipinski definition) is 13. The highest BCUT2D eigenvalue weighted by Gasteiger charge is 2.37. The second kappa shape index (κ2) is 18.3. The molecule has 0 bridgehead atoms. The summed E-state index contributed by atoms with van der Waals surface area (Å²) in [7, 11) is -8.79. The van der Waals surface area contributed by atoms with Crippen LogP contribution in [0.5, 0.6) is 11.5 Å². The molecule has 0 spiro atoms. The zero-order valence-corrected chi connectivity index (χ0v) is 34.4. The summed E-state index contributed by atoms with van der Waals surface area (Å²) in [5.74, 6) is -0.583. The van der Waals surface area contributed by atoms with E-state index in [4.69, 9.17) is 28.6 Å². The summed E-state index contributed by atoms with van der Waals surface area (Å²) in [6, 6.07) is 10.4. The predicted molar refractivity (Wildman–Crippen MR) is 204 cm³/mol. The van der Waals surface area contributed by atoms with Crippen molar-refractivity contribution in [3.63, 3.8) is 0 Å². The van der Waals surface area contributed by atoms with Crippen LogP contribution < -0.4 is 14.2 Å². The van der Waals surface area contributed by atoms with Crippen LogP contribution in [0.2, 0.25) is 0 Å². The Morgan fingerprint density at radius 2 is 1.47 bits per heavy atom. The van der Waals surface area contributed by atoms with Gasteiger partial charge in [-0.2, -0.15) is 12.7 Å². The summed E-state index contributed by atoms with van der Waals surface area (Å²) < 4.78 is 78.5. The molecule has 16 nitrogen and oxygen atoms in total. The normalized spacial score (nSPS) is 16.6. The van der Waals surface area contributed by atoms with Gasteiger partial charge in [-0.1, -0.05) is 24.6 Å². The van der Waals surface area contributed by atoms with E-state index in [0.717, 1.165) is 25.9 Å². The van der Waals surface area contributed by atoms with Crippen LogP contribution in [0.15, 0.2) is 52.3 Å². The van der Waals surface area contributed by atoms with Gasteiger partial charge in [0.05, 0.1) is 13.2 Å². The number of likely N-dealkylation sites (tertiary alicyclic amines) is 1. The number of rotatable bonds is 12. The van der Waals surface area contributed by atoms with Gasteiger partial charge in [-0.3, -0.25) is 15.6 Å². The van der Waals surface area contributed by atoms with Crippen LogP contribution in [-0.4, -0.2) is 106 Å². The van der Waals surface area contributed by atoms with E-state index in [1.807, 2.05) is 0 Å². The minimum absolute atomic E-state index is 0.0277. The summed E-state index contributed by atoms with van der Waals surface area (Å²) in [6.45, 7) is 13.9. The van der Waals surface area contributed by atoms with Gasteiger partial charge in [0.25, 0.3) is 0 Å². The Hall–Kier alpha value is -3.97. The number of hydrogen-bond donors (Lipinski definition) is 2. The Kier molecular flexibility index (Phi) is 14.6. The van der Waals surface area contributed by atoms with Gasteiger partial charge in [-0.25, -0.2) is 18.0 Å². The van der Waals surface area contributed by atoms with Gasteiger partial charge in [-0.15, -0.1) is 5.06 Å². The van der Waals surface area contributed by atoms with E-state index >= 15 is 0 Å². The summed E-state index contributed by atoms with van der Waals surface area (Å²) in [5.41, 5.74) is -1.48. The van der Waals surface area contributed by atoms with Crippen LogP contribution in [0, 0.1) is 12.3 Å². The van der Waals surface area contributed by atoms with Crippen LogP contribution in [0.1, 0.15) is 85.6 Å². The topological polar surface area (TPSA) is 194 Å². The van der Waals surface area contributed by atoms with Crippen molar-refractivity contribution in [2.45, 2.75) is 114 Å². The molecule has 18 heteroatoms. The standard InChI is InChI=1S/C37H55N5O11S2/c1-27-14-11-17-31(32(27)54(45,46)41-22-18-28(19-23-41)40-20-9-8-10-21-40)55(47,48)53-30-16-12-15-29(26-30)49-24-13-25-50-42(35(44)52-37(5,6)7)33(38)39-34(43)51-36(2,3)4/h11-12,14-17,26,28H,8-10,13,18-25H2,1-7H3,(H2,38,39,43). The molecule has 2 aromatic carbocycles. The van der Waals surface area contributed by atoms with Gasteiger partial charge in [0.1, 0.15) is 32.5 Å². The molecule has 4 rings (SSSR count). The van der Waals surface area contributed by atoms with Crippen LogP contribution in [0.25, 0.3) is 0 Å². The number of ether oxygens (including phenoxy) is 3. The summed E-state index contributed by atoms with van der Waals surface area (Å²) in [5, 5.41) is 10.8. The largest absolute Gasteiger partial charge is 0.493 e. The van der Waals surface area contributed by atoms with Crippen molar-refractivity contribution in [3.05, 3.63) is 48.0 Å². The Morgan fingerprint density at radius 3 is 2.11 bits per heavy atom. The first-order valence-electron chi connectivity index (χ1n) is 18.4. The lowest BCUT2D eigenvalue weighted by atomic mass is 10.0. The van der Waals surface area contributed by atoms with Gasteiger partial charge in [0.2, 0.25) is 16.0 Å². The number of sulfonamides is 1. The second-order valence-electron chi connectivity index (χ2n) is 15.4. The Labute approximate surface area is 325 Å². The average Bonchev–Trinajstić information content (AvgIpc) is 3.08. The first-order chi connectivity index (χ1) is 25.7. The van der Waals surface area contributed by atoms with E-state index in [2.05, 4.69) is 10.2 Å². The Morgan fingerprint density at radius 1 is 0.855 bits per heavy atom. The molecule has 2 N–H and O–H groups in total. The molecule has 2 aromatic rings. The van der Waals surface area contributed by atoms with Crippen LogP contribution in [0.3, 0.4) is 0 Å². The highest BCUT2D eigenvalue weighted by atomic mass is 32.2. The first kappa shape index (κ1) is 43.8. The van der Waals surface area contributed by atoms with Crippen molar-refractivity contribution in [2.75, 3.05) is 39.4 Å². The number of aryl methyl sites for hydroxylation is 1. The van der Waals surface area contributed by atoms with E-state index in [0.29, 0.717) is 42.6 Å². The van der Waals surface area contributed by atoms with E-state index < -0.39 is 54.4 Å². The minimum atomic E-state index is -4.62. The zero-order chi connectivity index (χ0) is 40.6. The number of carbonyl (C=O) groups is 2. The second-order valence-corrected chi connectivity index (χ2v) is 18.8. The molecule has 2 saturated heterocycles. The number of nitrogens with zero attached hydrogens (tertiary/aromatic N) is 3. The number of alkyl carbamates (subject to hydrolysis) is 1. The van der Waals surface area contributed by atoms with Crippen LogP contribution in [0.4, 0.5) is 9.59 Å². The van der Waals surface area contributed by atoms with Crippen molar-refractivity contribution in [1.82, 2.24) is 19.6 Å². The van der Waals surface area contributed by atoms with Crippen molar-refractivity contribution in [3.8, 4) is 11.5 Å². The molecule has 0 aliphatic carbocycles. The number of benzene rings is 2. The van der Waals surface area contributed by atoms with Crippen molar-refractivity contribution in [2.24, 2.45) is 0 Å². The highest BCUT2D eigenvalue weighted by Crippen LogP contribution is 2.33. The first-order valence-corrected chi connectivity index (χ1v) is 21.3. The summed E-state index contributed by atoms with van der Waals surface area (Å²) in [4.78, 5) is 32.1. The van der Waals surface area contributed by atoms with E-state index in [9.17, 15) is 26.4 Å². The average molecular weight is 810 g/mol. The number of nitrogens with one attached hydrogen (secondary N) is 2. The lowest BCUT2D eigenvalue weighted by Gasteiger charge is -2.39. The maximum absolute atomic E-state index is 14.0. The molecule has 55 heavy (non-hydrogen) atoms. The van der Waals surface area contributed by atoms with E-state index in [1.54, 1.807) is 60.6 Å². The van der Waals surface area contributed by atoms with Gasteiger partial charge < -0.3 is 23.3 Å². The van der Waals surface area contributed by atoms with Gasteiger partial charge in [0, 0.05) is 31.6 Å². The molecule has 0 radical (unpaired) electrons. The number of carbonyl (C=O) groups excluding carboxylic acids is 2. The SMILES string of the molecule is Cc1cccc(S(=O)(=O)Oc2cccc(OCCCON(C(=N)NC(=O)OC(C)(C)C)C(=O)OC(C)(C)C)c2)c1S(=O)(=O)N1CCC(N2CCCCC2)CC1. The molecular formula is C37H55N5O11S2. The molecule has 2 amide bonds. The zero-order valence-electron chi connectivity index (χ0n) is 32.8. The highest BCUT2D eigenvalue weighted by molar-refractivity contribution is 7.91.